The zero-order valence-corrected chi connectivity index (χ0v) is 11.8. The molecular formula is C16H12ClN3O. The highest BCUT2D eigenvalue weighted by Crippen LogP contribution is 2.18. The van der Waals surface area contributed by atoms with E-state index in [1.807, 2.05) is 54.6 Å². The summed E-state index contributed by atoms with van der Waals surface area (Å²) < 4.78 is 0. The first-order valence-electron chi connectivity index (χ1n) is 6.40. The standard InChI is InChI=1S/C16H12ClN3O/c17-13-6-2-1-4-11(13)5-3-9-18-12-7-8-14-15(10-12)20-16(21)19-14/h1-10H,(H2,19,20,21)/b5-3+,18-9?. The highest BCUT2D eigenvalue weighted by Gasteiger charge is 1.97. The van der Waals surface area contributed by atoms with Gasteiger partial charge in [0.2, 0.25) is 0 Å². The lowest BCUT2D eigenvalue weighted by atomic mass is 10.2. The number of rotatable bonds is 3. The highest BCUT2D eigenvalue weighted by atomic mass is 35.5. The van der Waals surface area contributed by atoms with E-state index in [1.165, 1.54) is 0 Å². The van der Waals surface area contributed by atoms with Crippen molar-refractivity contribution in [2.45, 2.75) is 0 Å². The van der Waals surface area contributed by atoms with Crippen molar-refractivity contribution >= 4 is 40.6 Å². The minimum absolute atomic E-state index is 0.218. The van der Waals surface area contributed by atoms with Crippen LogP contribution < -0.4 is 5.69 Å². The molecule has 0 saturated carbocycles. The Morgan fingerprint density at radius 2 is 1.86 bits per heavy atom. The van der Waals surface area contributed by atoms with Gasteiger partial charge in [0.25, 0.3) is 0 Å². The number of nitrogens with one attached hydrogen (secondary N) is 2. The summed E-state index contributed by atoms with van der Waals surface area (Å²) in [5, 5.41) is 0.702. The summed E-state index contributed by atoms with van der Waals surface area (Å²) in [6.45, 7) is 0. The van der Waals surface area contributed by atoms with Crippen LogP contribution in [0.15, 0.2) is 58.3 Å². The van der Waals surface area contributed by atoms with Gasteiger partial charge in [0.15, 0.2) is 0 Å². The fourth-order valence-electron chi connectivity index (χ4n) is 1.99. The Morgan fingerprint density at radius 1 is 1.05 bits per heavy atom. The summed E-state index contributed by atoms with van der Waals surface area (Å²) in [5.41, 5.74) is 3.00. The first kappa shape index (κ1) is 13.4. The van der Waals surface area contributed by atoms with E-state index in [9.17, 15) is 4.79 Å². The van der Waals surface area contributed by atoms with Gasteiger partial charge in [0, 0.05) is 11.2 Å². The zero-order valence-electron chi connectivity index (χ0n) is 11.0. The molecule has 0 spiro atoms. The normalized spacial score (nSPS) is 11.9. The van der Waals surface area contributed by atoms with Gasteiger partial charge in [0.05, 0.1) is 16.7 Å². The molecular weight excluding hydrogens is 286 g/mol. The molecule has 0 aliphatic carbocycles. The Hall–Kier alpha value is -2.59. The average molecular weight is 298 g/mol. The van der Waals surface area contributed by atoms with Crippen molar-refractivity contribution in [3.05, 3.63) is 69.6 Å². The Balaban J connectivity index is 1.78. The second kappa shape index (κ2) is 5.81. The van der Waals surface area contributed by atoms with Gasteiger partial charge < -0.3 is 9.97 Å². The molecule has 0 bridgehead atoms. The molecule has 21 heavy (non-hydrogen) atoms. The number of hydrogen-bond acceptors (Lipinski definition) is 2. The molecule has 2 N–H and O–H groups in total. The van der Waals surface area contributed by atoms with Crippen molar-refractivity contribution in [3.63, 3.8) is 0 Å². The summed E-state index contributed by atoms with van der Waals surface area (Å²) >= 11 is 6.05. The molecule has 4 nitrogen and oxygen atoms in total. The van der Waals surface area contributed by atoms with Gasteiger partial charge in [-0.2, -0.15) is 0 Å². The highest BCUT2D eigenvalue weighted by molar-refractivity contribution is 6.32. The molecule has 3 aromatic rings. The maximum absolute atomic E-state index is 11.2. The molecule has 1 aromatic heterocycles. The lowest BCUT2D eigenvalue weighted by molar-refractivity contribution is 1.21. The van der Waals surface area contributed by atoms with E-state index in [0.29, 0.717) is 5.02 Å². The van der Waals surface area contributed by atoms with E-state index in [4.69, 9.17) is 11.6 Å². The van der Waals surface area contributed by atoms with E-state index in [0.717, 1.165) is 22.3 Å². The third-order valence-electron chi connectivity index (χ3n) is 2.99. The molecule has 104 valence electrons. The second-order valence-corrected chi connectivity index (χ2v) is 4.88. The molecule has 0 saturated heterocycles. The number of fused-ring (bicyclic) bond motifs is 1. The quantitative estimate of drug-likeness (QED) is 0.707. The molecule has 0 aliphatic heterocycles. The lowest BCUT2D eigenvalue weighted by Gasteiger charge is -1.95. The predicted octanol–water partition coefficient (Wildman–Crippen LogP) is 3.93. The van der Waals surface area contributed by atoms with Crippen LogP contribution in [0.25, 0.3) is 17.1 Å². The number of hydrogen-bond donors (Lipinski definition) is 2. The van der Waals surface area contributed by atoms with Crippen molar-refractivity contribution < 1.29 is 0 Å². The average Bonchev–Trinajstić information content (AvgIpc) is 2.84. The Kier molecular flexibility index (Phi) is 3.71. The molecule has 0 radical (unpaired) electrons. The van der Waals surface area contributed by atoms with Crippen molar-refractivity contribution in [2.75, 3.05) is 0 Å². The number of nitrogens with zero attached hydrogens (tertiary/aromatic N) is 1. The molecule has 0 amide bonds. The summed E-state index contributed by atoms with van der Waals surface area (Å²) in [7, 11) is 0. The van der Waals surface area contributed by atoms with Crippen LogP contribution in [0.2, 0.25) is 5.02 Å². The number of aromatic nitrogens is 2. The van der Waals surface area contributed by atoms with E-state index in [-0.39, 0.29) is 5.69 Å². The van der Waals surface area contributed by atoms with Crippen molar-refractivity contribution in [1.82, 2.24) is 9.97 Å². The van der Waals surface area contributed by atoms with Crippen molar-refractivity contribution in [3.8, 4) is 0 Å². The number of aliphatic imine (C=N–C) groups is 1. The Morgan fingerprint density at radius 3 is 2.71 bits per heavy atom. The second-order valence-electron chi connectivity index (χ2n) is 4.47. The molecule has 2 aromatic carbocycles. The number of allylic oxidation sites excluding steroid dienone is 1. The van der Waals surface area contributed by atoms with Gasteiger partial charge in [-0.3, -0.25) is 4.99 Å². The third-order valence-corrected chi connectivity index (χ3v) is 3.33. The summed E-state index contributed by atoms with van der Waals surface area (Å²) in [4.78, 5) is 20.9. The molecule has 5 heteroatoms. The molecule has 0 unspecified atom stereocenters. The predicted molar refractivity (Wildman–Crippen MR) is 87.6 cm³/mol. The van der Waals surface area contributed by atoms with E-state index >= 15 is 0 Å². The van der Waals surface area contributed by atoms with Gasteiger partial charge in [0.1, 0.15) is 0 Å². The van der Waals surface area contributed by atoms with Crippen molar-refractivity contribution in [1.29, 1.82) is 0 Å². The van der Waals surface area contributed by atoms with Crippen molar-refractivity contribution in [2.24, 2.45) is 4.99 Å². The van der Waals surface area contributed by atoms with Gasteiger partial charge in [-0.1, -0.05) is 35.9 Å². The van der Waals surface area contributed by atoms with Gasteiger partial charge in [-0.05, 0) is 35.9 Å². The lowest BCUT2D eigenvalue weighted by Crippen LogP contribution is -1.99. The minimum atomic E-state index is -0.218. The molecule has 0 aliphatic rings. The van der Waals surface area contributed by atoms with Crippen LogP contribution >= 0.6 is 11.6 Å². The van der Waals surface area contributed by atoms with E-state index in [1.54, 1.807) is 6.21 Å². The molecule has 0 atom stereocenters. The van der Waals surface area contributed by atoms with E-state index in [2.05, 4.69) is 15.0 Å². The zero-order chi connectivity index (χ0) is 14.7. The van der Waals surface area contributed by atoms with Crippen LogP contribution in [0.3, 0.4) is 0 Å². The SMILES string of the molecule is O=c1[nH]c2ccc(N=C/C=C/c3ccccc3Cl)cc2[nH]1. The smallest absolute Gasteiger partial charge is 0.306 e. The Labute approximate surface area is 125 Å². The first-order chi connectivity index (χ1) is 10.2. The van der Waals surface area contributed by atoms with Gasteiger partial charge in [-0.25, -0.2) is 4.79 Å². The van der Waals surface area contributed by atoms with Crippen LogP contribution in [0.5, 0.6) is 0 Å². The van der Waals surface area contributed by atoms with Crippen LogP contribution in [0, 0.1) is 0 Å². The van der Waals surface area contributed by atoms with Crippen LogP contribution in [-0.2, 0) is 0 Å². The third kappa shape index (κ3) is 3.12. The summed E-state index contributed by atoms with van der Waals surface area (Å²) in [6, 6.07) is 13.1. The molecule has 1 heterocycles. The molecule has 3 rings (SSSR count). The summed E-state index contributed by atoms with van der Waals surface area (Å²) in [6.07, 6.45) is 5.41. The first-order valence-corrected chi connectivity index (χ1v) is 6.77. The van der Waals surface area contributed by atoms with Gasteiger partial charge in [-0.15, -0.1) is 0 Å². The maximum Gasteiger partial charge on any atom is 0.323 e. The number of imidazole rings is 1. The monoisotopic (exact) mass is 297 g/mol. The van der Waals surface area contributed by atoms with Crippen LogP contribution in [-0.4, -0.2) is 16.2 Å². The number of H-pyrrole nitrogens is 2. The van der Waals surface area contributed by atoms with Crippen LogP contribution in [0.1, 0.15) is 5.56 Å². The number of halogens is 1. The number of aromatic amines is 2. The van der Waals surface area contributed by atoms with Crippen LogP contribution in [0.4, 0.5) is 5.69 Å². The number of benzene rings is 2. The topological polar surface area (TPSA) is 61.0 Å². The van der Waals surface area contributed by atoms with Gasteiger partial charge >= 0.3 is 5.69 Å². The maximum atomic E-state index is 11.2. The Bertz CT molecular complexity index is 890. The van der Waals surface area contributed by atoms with E-state index < -0.39 is 0 Å². The summed E-state index contributed by atoms with van der Waals surface area (Å²) in [5.74, 6) is 0. The minimum Gasteiger partial charge on any atom is -0.306 e. The molecule has 0 fully saturated rings. The largest absolute Gasteiger partial charge is 0.323 e. The fraction of sp³-hybridized carbons (Fsp3) is 0. The fourth-order valence-corrected chi connectivity index (χ4v) is 2.19.